The number of hydrogen-bond acceptors (Lipinski definition) is 3. The van der Waals surface area contributed by atoms with Crippen molar-refractivity contribution in [3.63, 3.8) is 0 Å². The minimum absolute atomic E-state index is 0.0217. The fraction of sp³-hybridized carbons (Fsp3) is 0.467. The average molecular weight is 291 g/mol. The number of benzene rings is 1. The molecule has 2 rings (SSSR count). The molecule has 0 saturated carbocycles. The molecule has 0 bridgehead atoms. The predicted molar refractivity (Wildman–Crippen MR) is 80.2 cm³/mol. The van der Waals surface area contributed by atoms with Gasteiger partial charge in [0.2, 0.25) is 5.91 Å². The maximum Gasteiger partial charge on any atom is 0.325 e. The quantitative estimate of drug-likeness (QED) is 0.840. The number of anilines is 1. The maximum atomic E-state index is 12.3. The summed E-state index contributed by atoms with van der Waals surface area (Å²) < 4.78 is 0. The molecular formula is C15H21N3O3. The summed E-state index contributed by atoms with van der Waals surface area (Å²) in [5, 5.41) is 11.7. The highest BCUT2D eigenvalue weighted by Crippen LogP contribution is 2.20. The van der Waals surface area contributed by atoms with Gasteiger partial charge >= 0.3 is 6.03 Å². The van der Waals surface area contributed by atoms with Gasteiger partial charge in [-0.05, 0) is 26.0 Å². The molecule has 1 aromatic carbocycles. The smallest absolute Gasteiger partial charge is 0.325 e. The Labute approximate surface area is 124 Å². The molecule has 0 radical (unpaired) electrons. The number of carbonyl (C=O) groups is 2. The Bertz CT molecular complexity index is 513. The van der Waals surface area contributed by atoms with Crippen molar-refractivity contribution in [3.05, 3.63) is 29.8 Å². The molecule has 21 heavy (non-hydrogen) atoms. The zero-order valence-corrected chi connectivity index (χ0v) is 12.4. The lowest BCUT2D eigenvalue weighted by atomic mass is 10.2. The molecule has 1 unspecified atom stereocenters. The van der Waals surface area contributed by atoms with E-state index in [0.717, 1.165) is 11.3 Å². The van der Waals surface area contributed by atoms with E-state index in [1.54, 1.807) is 11.8 Å². The minimum Gasteiger partial charge on any atom is -0.392 e. The van der Waals surface area contributed by atoms with E-state index in [9.17, 15) is 9.59 Å². The summed E-state index contributed by atoms with van der Waals surface area (Å²) in [7, 11) is 0. The summed E-state index contributed by atoms with van der Waals surface area (Å²) in [6.07, 6.45) is -0.590. The van der Waals surface area contributed by atoms with Crippen LogP contribution in [0.3, 0.4) is 0 Å². The number of urea groups is 1. The van der Waals surface area contributed by atoms with Crippen LogP contribution >= 0.6 is 0 Å². The first kappa shape index (κ1) is 15.3. The Kier molecular flexibility index (Phi) is 4.80. The monoisotopic (exact) mass is 291 g/mol. The van der Waals surface area contributed by atoms with Crippen LogP contribution in [0.5, 0.6) is 0 Å². The molecular weight excluding hydrogens is 270 g/mol. The SMILES string of the molecule is Cc1ccc(N2CCN(CC(=O)NCC(C)O)C2=O)cc1. The third kappa shape index (κ3) is 3.95. The summed E-state index contributed by atoms with van der Waals surface area (Å²) in [5.41, 5.74) is 1.98. The Balaban J connectivity index is 1.92. The first-order valence-electron chi connectivity index (χ1n) is 7.05. The summed E-state index contributed by atoms with van der Waals surface area (Å²) in [5.74, 6) is -0.255. The van der Waals surface area contributed by atoms with E-state index in [0.29, 0.717) is 13.1 Å². The van der Waals surface area contributed by atoms with Gasteiger partial charge in [0.1, 0.15) is 6.54 Å². The predicted octanol–water partition coefficient (Wildman–Crippen LogP) is 0.734. The van der Waals surface area contributed by atoms with E-state index >= 15 is 0 Å². The normalized spacial score (nSPS) is 16.2. The third-order valence-corrected chi connectivity index (χ3v) is 3.37. The molecule has 0 spiro atoms. The molecule has 114 valence electrons. The second-order valence-electron chi connectivity index (χ2n) is 5.34. The van der Waals surface area contributed by atoms with Crippen LogP contribution in [0, 0.1) is 6.92 Å². The Morgan fingerprint density at radius 2 is 2.00 bits per heavy atom. The molecule has 1 saturated heterocycles. The summed E-state index contributed by atoms with van der Waals surface area (Å²) in [4.78, 5) is 27.2. The number of nitrogens with one attached hydrogen (secondary N) is 1. The molecule has 3 amide bonds. The topological polar surface area (TPSA) is 72.9 Å². The van der Waals surface area contributed by atoms with Gasteiger partial charge in [-0.1, -0.05) is 17.7 Å². The van der Waals surface area contributed by atoms with Gasteiger partial charge in [0.05, 0.1) is 6.10 Å². The molecule has 6 nitrogen and oxygen atoms in total. The van der Waals surface area contributed by atoms with Gasteiger partial charge in [-0.3, -0.25) is 9.69 Å². The molecule has 1 aliphatic heterocycles. The number of aliphatic hydroxyl groups excluding tert-OH is 1. The Morgan fingerprint density at radius 1 is 1.33 bits per heavy atom. The van der Waals surface area contributed by atoms with Crippen molar-refractivity contribution in [1.82, 2.24) is 10.2 Å². The third-order valence-electron chi connectivity index (χ3n) is 3.37. The van der Waals surface area contributed by atoms with Crippen LogP contribution in [0.25, 0.3) is 0 Å². The van der Waals surface area contributed by atoms with E-state index in [1.807, 2.05) is 31.2 Å². The van der Waals surface area contributed by atoms with E-state index in [1.165, 1.54) is 4.90 Å². The summed E-state index contributed by atoms with van der Waals surface area (Å²) in [6, 6.07) is 7.57. The van der Waals surface area contributed by atoms with E-state index in [2.05, 4.69) is 5.32 Å². The van der Waals surface area contributed by atoms with Gasteiger partial charge in [-0.2, -0.15) is 0 Å². The standard InChI is InChI=1S/C15H21N3O3/c1-11-3-5-13(6-4-11)18-8-7-17(15(18)21)10-14(20)16-9-12(2)19/h3-6,12,19H,7-10H2,1-2H3,(H,16,20). The minimum atomic E-state index is -0.590. The maximum absolute atomic E-state index is 12.3. The number of amides is 3. The number of carbonyl (C=O) groups excluding carboxylic acids is 2. The molecule has 1 fully saturated rings. The van der Waals surface area contributed by atoms with Gasteiger partial charge in [0.25, 0.3) is 0 Å². The van der Waals surface area contributed by atoms with Gasteiger partial charge < -0.3 is 15.3 Å². The first-order valence-corrected chi connectivity index (χ1v) is 7.05. The van der Waals surface area contributed by atoms with Crippen LogP contribution < -0.4 is 10.2 Å². The second kappa shape index (κ2) is 6.58. The van der Waals surface area contributed by atoms with Crippen molar-refractivity contribution in [1.29, 1.82) is 0 Å². The number of aryl methyl sites for hydroxylation is 1. The van der Waals surface area contributed by atoms with E-state index < -0.39 is 6.10 Å². The molecule has 0 aliphatic carbocycles. The molecule has 1 atom stereocenters. The highest BCUT2D eigenvalue weighted by atomic mass is 16.3. The largest absolute Gasteiger partial charge is 0.392 e. The first-order chi connectivity index (χ1) is 9.97. The fourth-order valence-electron chi connectivity index (χ4n) is 2.18. The van der Waals surface area contributed by atoms with Gasteiger partial charge in [-0.15, -0.1) is 0 Å². The molecule has 0 aromatic heterocycles. The van der Waals surface area contributed by atoms with Crippen molar-refractivity contribution in [2.24, 2.45) is 0 Å². The van der Waals surface area contributed by atoms with Gasteiger partial charge in [0, 0.05) is 25.3 Å². The number of hydrogen-bond donors (Lipinski definition) is 2. The lowest BCUT2D eigenvalue weighted by Gasteiger charge is -2.18. The summed E-state index contributed by atoms with van der Waals surface area (Å²) in [6.45, 7) is 4.91. The molecule has 6 heteroatoms. The van der Waals surface area contributed by atoms with Crippen molar-refractivity contribution < 1.29 is 14.7 Å². The highest BCUT2D eigenvalue weighted by molar-refractivity contribution is 5.96. The molecule has 1 aromatic rings. The van der Waals surface area contributed by atoms with Crippen LogP contribution in [0.2, 0.25) is 0 Å². The molecule has 1 aliphatic rings. The van der Waals surface area contributed by atoms with E-state index in [4.69, 9.17) is 5.11 Å². The van der Waals surface area contributed by atoms with Crippen molar-refractivity contribution in [2.75, 3.05) is 31.1 Å². The lowest BCUT2D eigenvalue weighted by Crippen LogP contribution is -2.41. The van der Waals surface area contributed by atoms with Crippen LogP contribution in [-0.2, 0) is 4.79 Å². The fourth-order valence-corrected chi connectivity index (χ4v) is 2.18. The zero-order chi connectivity index (χ0) is 15.4. The molecule has 1 heterocycles. The molecule has 2 N–H and O–H groups in total. The highest BCUT2D eigenvalue weighted by Gasteiger charge is 2.30. The summed E-state index contributed by atoms with van der Waals surface area (Å²) >= 11 is 0. The van der Waals surface area contributed by atoms with Gasteiger partial charge in [-0.25, -0.2) is 4.79 Å². The lowest BCUT2D eigenvalue weighted by molar-refractivity contribution is -0.121. The van der Waals surface area contributed by atoms with Crippen LogP contribution in [0.4, 0.5) is 10.5 Å². The number of aliphatic hydroxyl groups is 1. The number of rotatable bonds is 5. The van der Waals surface area contributed by atoms with Gasteiger partial charge in [0.15, 0.2) is 0 Å². The average Bonchev–Trinajstić information content (AvgIpc) is 2.79. The van der Waals surface area contributed by atoms with E-state index in [-0.39, 0.29) is 25.0 Å². The van der Waals surface area contributed by atoms with Crippen LogP contribution in [-0.4, -0.2) is 54.2 Å². The van der Waals surface area contributed by atoms with Crippen molar-refractivity contribution in [3.8, 4) is 0 Å². The second-order valence-corrected chi connectivity index (χ2v) is 5.34. The Morgan fingerprint density at radius 3 is 2.62 bits per heavy atom. The van der Waals surface area contributed by atoms with Crippen molar-refractivity contribution in [2.45, 2.75) is 20.0 Å². The number of nitrogens with zero attached hydrogens (tertiary/aromatic N) is 2. The zero-order valence-electron chi connectivity index (χ0n) is 12.4. The Hall–Kier alpha value is -2.08. The van der Waals surface area contributed by atoms with Crippen molar-refractivity contribution >= 4 is 17.6 Å². The van der Waals surface area contributed by atoms with Crippen LogP contribution in [0.1, 0.15) is 12.5 Å². The van der Waals surface area contributed by atoms with Crippen LogP contribution in [0.15, 0.2) is 24.3 Å².